The second kappa shape index (κ2) is 2.84. The average molecular weight is 140 g/mol. The fourth-order valence-corrected chi connectivity index (χ4v) is 0.719. The van der Waals surface area contributed by atoms with Crippen molar-refractivity contribution >= 4 is 0 Å². The van der Waals surface area contributed by atoms with Crippen molar-refractivity contribution < 1.29 is 4.42 Å². The van der Waals surface area contributed by atoms with Gasteiger partial charge >= 0.3 is 0 Å². The van der Waals surface area contributed by atoms with Crippen LogP contribution >= 0.6 is 0 Å². The fraction of sp³-hybridized carbons (Fsp3) is 0.571. The van der Waals surface area contributed by atoms with Crippen molar-refractivity contribution in [2.75, 3.05) is 0 Å². The zero-order chi connectivity index (χ0) is 7.56. The Morgan fingerprint density at radius 2 is 2.30 bits per heavy atom. The van der Waals surface area contributed by atoms with Gasteiger partial charge in [0, 0.05) is 0 Å². The minimum atomic E-state index is -0.0255. The topological polar surface area (TPSA) is 52.0 Å². The molecule has 0 aromatic carbocycles. The smallest absolute Gasteiger partial charge is 0.180 e. The van der Waals surface area contributed by atoms with Gasteiger partial charge in [0.05, 0.1) is 12.2 Å². The molecule has 3 heteroatoms. The molecule has 56 valence electrons. The summed E-state index contributed by atoms with van der Waals surface area (Å²) in [7, 11) is 0. The first-order chi connectivity index (χ1) is 4.72. The molecular formula is C7H12N2O. The summed E-state index contributed by atoms with van der Waals surface area (Å²) in [5.41, 5.74) is 5.75. The molecule has 3 nitrogen and oxygen atoms in total. The van der Waals surface area contributed by atoms with Gasteiger partial charge in [0.25, 0.3) is 0 Å². The van der Waals surface area contributed by atoms with Crippen LogP contribution in [0.15, 0.2) is 17.0 Å². The van der Waals surface area contributed by atoms with Gasteiger partial charge in [-0.2, -0.15) is 0 Å². The van der Waals surface area contributed by atoms with E-state index in [2.05, 4.69) is 4.98 Å². The van der Waals surface area contributed by atoms with Crippen molar-refractivity contribution in [3.8, 4) is 0 Å². The van der Waals surface area contributed by atoms with Gasteiger partial charge in [-0.1, -0.05) is 13.8 Å². The third-order valence-corrected chi connectivity index (χ3v) is 1.50. The van der Waals surface area contributed by atoms with E-state index in [1.807, 2.05) is 13.8 Å². The lowest BCUT2D eigenvalue weighted by Gasteiger charge is -2.10. The molecule has 0 saturated carbocycles. The Morgan fingerprint density at radius 3 is 2.70 bits per heavy atom. The molecule has 0 amide bonds. The van der Waals surface area contributed by atoms with E-state index in [0.717, 1.165) is 5.76 Å². The van der Waals surface area contributed by atoms with Crippen LogP contribution in [0.1, 0.15) is 25.6 Å². The van der Waals surface area contributed by atoms with Gasteiger partial charge in [-0.25, -0.2) is 4.98 Å². The van der Waals surface area contributed by atoms with Crippen LogP contribution in [0.25, 0.3) is 0 Å². The van der Waals surface area contributed by atoms with Crippen LogP contribution < -0.4 is 5.73 Å². The molecule has 10 heavy (non-hydrogen) atoms. The Bertz CT molecular complexity index is 181. The normalized spacial score (nSPS) is 14.0. The van der Waals surface area contributed by atoms with Gasteiger partial charge in [0.1, 0.15) is 5.76 Å². The number of nitrogens with zero attached hydrogens (tertiary/aromatic N) is 1. The second-order valence-corrected chi connectivity index (χ2v) is 2.67. The highest BCUT2D eigenvalue weighted by atomic mass is 16.3. The summed E-state index contributed by atoms with van der Waals surface area (Å²) in [4.78, 5) is 3.78. The van der Waals surface area contributed by atoms with Gasteiger partial charge in [0.2, 0.25) is 0 Å². The number of rotatable bonds is 2. The first kappa shape index (κ1) is 7.28. The van der Waals surface area contributed by atoms with Crippen LogP contribution in [0.3, 0.4) is 0 Å². The summed E-state index contributed by atoms with van der Waals surface area (Å²) in [6.45, 7) is 4.10. The molecule has 1 aromatic rings. The summed E-state index contributed by atoms with van der Waals surface area (Å²) in [6, 6.07) is -0.0255. The standard InChI is InChI=1S/C7H12N2O/c1-5(2)7(8)6-3-9-4-10-6/h3-5,7H,8H2,1-2H3. The monoisotopic (exact) mass is 140 g/mol. The molecular weight excluding hydrogens is 128 g/mol. The molecule has 0 bridgehead atoms. The quantitative estimate of drug-likeness (QED) is 0.674. The summed E-state index contributed by atoms with van der Waals surface area (Å²) >= 11 is 0. The highest BCUT2D eigenvalue weighted by Crippen LogP contribution is 2.16. The number of aromatic nitrogens is 1. The Labute approximate surface area is 60.2 Å². The zero-order valence-corrected chi connectivity index (χ0v) is 6.24. The summed E-state index contributed by atoms with van der Waals surface area (Å²) < 4.78 is 5.02. The molecule has 0 aliphatic rings. The molecule has 0 fully saturated rings. The molecule has 0 radical (unpaired) electrons. The average Bonchev–Trinajstić information content (AvgIpc) is 2.36. The maximum atomic E-state index is 5.75. The number of nitrogens with two attached hydrogens (primary N) is 1. The van der Waals surface area contributed by atoms with Crippen LogP contribution in [0, 0.1) is 5.92 Å². The van der Waals surface area contributed by atoms with E-state index in [0.29, 0.717) is 5.92 Å². The third kappa shape index (κ3) is 1.36. The van der Waals surface area contributed by atoms with Crippen LogP contribution in [-0.2, 0) is 0 Å². The molecule has 1 rings (SSSR count). The van der Waals surface area contributed by atoms with E-state index < -0.39 is 0 Å². The van der Waals surface area contributed by atoms with Gasteiger partial charge in [-0.15, -0.1) is 0 Å². The maximum absolute atomic E-state index is 5.75. The maximum Gasteiger partial charge on any atom is 0.180 e. The molecule has 0 aliphatic carbocycles. The largest absolute Gasteiger partial charge is 0.447 e. The second-order valence-electron chi connectivity index (χ2n) is 2.67. The minimum absolute atomic E-state index is 0.0255. The highest BCUT2D eigenvalue weighted by Gasteiger charge is 2.12. The lowest BCUT2D eigenvalue weighted by atomic mass is 10.0. The lowest BCUT2D eigenvalue weighted by Crippen LogP contribution is -2.15. The van der Waals surface area contributed by atoms with Gasteiger partial charge in [-0.05, 0) is 5.92 Å². The Morgan fingerprint density at radius 1 is 1.60 bits per heavy atom. The van der Waals surface area contributed by atoms with Crippen LogP contribution in [0.5, 0.6) is 0 Å². The Kier molecular flexibility index (Phi) is 2.06. The highest BCUT2D eigenvalue weighted by molar-refractivity contribution is 4.96. The first-order valence-electron chi connectivity index (χ1n) is 3.35. The van der Waals surface area contributed by atoms with Crippen LogP contribution in [0.2, 0.25) is 0 Å². The molecule has 1 atom stereocenters. The molecule has 1 unspecified atom stereocenters. The van der Waals surface area contributed by atoms with E-state index in [4.69, 9.17) is 10.2 Å². The van der Waals surface area contributed by atoms with Crippen molar-refractivity contribution in [2.24, 2.45) is 11.7 Å². The minimum Gasteiger partial charge on any atom is -0.447 e. The van der Waals surface area contributed by atoms with Crippen LogP contribution in [0.4, 0.5) is 0 Å². The lowest BCUT2D eigenvalue weighted by molar-refractivity contribution is 0.401. The summed E-state index contributed by atoms with van der Waals surface area (Å²) in [5.74, 6) is 1.16. The van der Waals surface area contributed by atoms with Gasteiger partial charge in [-0.3, -0.25) is 0 Å². The van der Waals surface area contributed by atoms with Crippen molar-refractivity contribution in [2.45, 2.75) is 19.9 Å². The predicted octanol–water partition coefficient (Wildman–Crippen LogP) is 1.33. The van der Waals surface area contributed by atoms with E-state index in [-0.39, 0.29) is 6.04 Å². The van der Waals surface area contributed by atoms with E-state index in [1.54, 1.807) is 6.20 Å². The Hall–Kier alpha value is -0.830. The zero-order valence-electron chi connectivity index (χ0n) is 6.24. The van der Waals surface area contributed by atoms with Crippen molar-refractivity contribution in [3.63, 3.8) is 0 Å². The summed E-state index contributed by atoms with van der Waals surface area (Å²) in [6.07, 6.45) is 3.06. The fourth-order valence-electron chi connectivity index (χ4n) is 0.719. The molecule has 2 N–H and O–H groups in total. The number of oxazole rings is 1. The van der Waals surface area contributed by atoms with E-state index in [9.17, 15) is 0 Å². The predicted molar refractivity (Wildman–Crippen MR) is 38.3 cm³/mol. The molecule has 1 aromatic heterocycles. The Balaban J connectivity index is 2.68. The third-order valence-electron chi connectivity index (χ3n) is 1.50. The van der Waals surface area contributed by atoms with Gasteiger partial charge in [0.15, 0.2) is 6.39 Å². The van der Waals surface area contributed by atoms with Crippen molar-refractivity contribution in [1.29, 1.82) is 0 Å². The van der Waals surface area contributed by atoms with Crippen molar-refractivity contribution in [3.05, 3.63) is 18.4 Å². The molecule has 0 aliphatic heterocycles. The molecule has 1 heterocycles. The van der Waals surface area contributed by atoms with Crippen molar-refractivity contribution in [1.82, 2.24) is 4.98 Å². The number of hydrogen-bond donors (Lipinski definition) is 1. The summed E-state index contributed by atoms with van der Waals surface area (Å²) in [5, 5.41) is 0. The first-order valence-corrected chi connectivity index (χ1v) is 3.35. The van der Waals surface area contributed by atoms with Crippen LogP contribution in [-0.4, -0.2) is 4.98 Å². The van der Waals surface area contributed by atoms with E-state index >= 15 is 0 Å². The SMILES string of the molecule is CC(C)C(N)c1cnco1. The molecule has 0 spiro atoms. The molecule has 0 saturated heterocycles. The van der Waals surface area contributed by atoms with E-state index in [1.165, 1.54) is 6.39 Å². The van der Waals surface area contributed by atoms with Gasteiger partial charge < -0.3 is 10.2 Å². The number of hydrogen-bond acceptors (Lipinski definition) is 3.